The zero-order chi connectivity index (χ0) is 17.9. The van der Waals surface area contributed by atoms with Crippen LogP contribution in [-0.4, -0.2) is 34.8 Å². The van der Waals surface area contributed by atoms with E-state index in [9.17, 15) is 0 Å². The summed E-state index contributed by atoms with van der Waals surface area (Å²) in [6.45, 7) is 2.15. The van der Waals surface area contributed by atoms with Crippen LogP contribution in [0, 0.1) is 5.92 Å². The monoisotopic (exact) mass is 390 g/mol. The van der Waals surface area contributed by atoms with Crippen LogP contribution < -0.4 is 10.1 Å². The number of rotatable bonds is 5. The normalized spacial score (nSPS) is 16.8. The molecule has 1 N–H and O–H groups in total. The molecule has 134 valence electrons. The third-order valence-corrected chi connectivity index (χ3v) is 4.65. The first-order chi connectivity index (χ1) is 12.7. The van der Waals surface area contributed by atoms with Crippen LogP contribution in [0.25, 0.3) is 11.0 Å². The van der Waals surface area contributed by atoms with Gasteiger partial charge in [-0.15, -0.1) is 0 Å². The highest BCUT2D eigenvalue weighted by molar-refractivity contribution is 6.32. The molecule has 0 bridgehead atoms. The maximum absolute atomic E-state index is 6.36. The smallest absolute Gasteiger partial charge is 0.160 e. The second-order valence-electron chi connectivity index (χ2n) is 6.03. The summed E-state index contributed by atoms with van der Waals surface area (Å²) in [5.41, 5.74) is 2.07. The molecule has 1 saturated heterocycles. The Hall–Kier alpha value is -2.15. The van der Waals surface area contributed by atoms with Gasteiger partial charge in [-0.3, -0.25) is 0 Å². The molecule has 8 heteroatoms. The van der Waals surface area contributed by atoms with Gasteiger partial charge in [0.15, 0.2) is 5.82 Å². The first-order valence-electron chi connectivity index (χ1n) is 8.23. The maximum atomic E-state index is 6.36. The van der Waals surface area contributed by atoms with Crippen molar-refractivity contribution in [2.45, 2.75) is 6.42 Å². The summed E-state index contributed by atoms with van der Waals surface area (Å²) in [6, 6.07) is 9.00. The maximum Gasteiger partial charge on any atom is 0.160 e. The Bertz CT molecular complexity index is 932. The van der Waals surface area contributed by atoms with E-state index in [1.165, 1.54) is 6.33 Å². The van der Waals surface area contributed by atoms with E-state index in [4.69, 9.17) is 32.7 Å². The Morgan fingerprint density at radius 3 is 2.92 bits per heavy atom. The number of nitrogens with one attached hydrogen (secondary N) is 1. The molecule has 6 nitrogen and oxygen atoms in total. The standard InChI is InChI=1S/C18H16Cl2N4O2/c19-13-7-12(1-3-15(13)26-9-11-5-6-25-8-11)23-18-17-14(21-10-22-18)2-4-16(20)24-17/h1-4,7,10-11H,5-6,8-9H2,(H,21,22,23). The van der Waals surface area contributed by atoms with Crippen molar-refractivity contribution in [2.75, 3.05) is 25.1 Å². The number of hydrogen-bond donors (Lipinski definition) is 1. The first-order valence-corrected chi connectivity index (χ1v) is 8.99. The number of anilines is 2. The number of fused-ring (bicyclic) bond motifs is 1. The van der Waals surface area contributed by atoms with E-state index >= 15 is 0 Å². The summed E-state index contributed by atoms with van der Waals surface area (Å²) >= 11 is 12.3. The molecular formula is C18H16Cl2N4O2. The van der Waals surface area contributed by atoms with Crippen molar-refractivity contribution >= 4 is 45.7 Å². The first kappa shape index (κ1) is 17.3. The molecule has 0 aliphatic carbocycles. The van der Waals surface area contributed by atoms with E-state index in [0.29, 0.717) is 45.3 Å². The fourth-order valence-corrected chi connectivity index (χ4v) is 3.15. The summed E-state index contributed by atoms with van der Waals surface area (Å²) in [7, 11) is 0. The largest absolute Gasteiger partial charge is 0.492 e. The van der Waals surface area contributed by atoms with Gasteiger partial charge in [-0.05, 0) is 36.8 Å². The Labute approximate surface area is 160 Å². The van der Waals surface area contributed by atoms with Crippen LogP contribution in [0.4, 0.5) is 11.5 Å². The summed E-state index contributed by atoms with van der Waals surface area (Å²) in [5.74, 6) is 1.63. The zero-order valence-corrected chi connectivity index (χ0v) is 15.3. The molecule has 0 radical (unpaired) electrons. The molecule has 2 aromatic heterocycles. The van der Waals surface area contributed by atoms with Gasteiger partial charge in [0.05, 0.1) is 23.8 Å². The van der Waals surface area contributed by atoms with Crippen LogP contribution in [0.2, 0.25) is 10.2 Å². The Morgan fingerprint density at radius 1 is 1.19 bits per heavy atom. The lowest BCUT2D eigenvalue weighted by atomic mass is 10.1. The summed E-state index contributed by atoms with van der Waals surface area (Å²) in [4.78, 5) is 12.7. The van der Waals surface area contributed by atoms with Crippen molar-refractivity contribution in [1.29, 1.82) is 0 Å². The fourth-order valence-electron chi connectivity index (χ4n) is 2.76. The number of ether oxygens (including phenoxy) is 2. The van der Waals surface area contributed by atoms with Crippen LogP contribution in [0.3, 0.4) is 0 Å². The van der Waals surface area contributed by atoms with E-state index in [0.717, 1.165) is 25.3 Å². The van der Waals surface area contributed by atoms with Gasteiger partial charge in [0, 0.05) is 18.2 Å². The van der Waals surface area contributed by atoms with E-state index in [-0.39, 0.29) is 0 Å². The number of aromatic nitrogens is 3. The highest BCUT2D eigenvalue weighted by Gasteiger charge is 2.17. The topological polar surface area (TPSA) is 69.2 Å². The van der Waals surface area contributed by atoms with E-state index in [1.807, 2.05) is 12.1 Å². The minimum absolute atomic E-state index is 0.382. The van der Waals surface area contributed by atoms with E-state index < -0.39 is 0 Å². The lowest BCUT2D eigenvalue weighted by Crippen LogP contribution is -2.11. The minimum atomic E-state index is 0.382. The molecule has 1 aliphatic heterocycles. The van der Waals surface area contributed by atoms with Crippen LogP contribution in [0.15, 0.2) is 36.7 Å². The van der Waals surface area contributed by atoms with E-state index in [1.54, 1.807) is 18.2 Å². The van der Waals surface area contributed by atoms with Gasteiger partial charge in [0.1, 0.15) is 22.7 Å². The second kappa shape index (κ2) is 7.61. The molecule has 0 spiro atoms. The van der Waals surface area contributed by atoms with Crippen LogP contribution in [0.5, 0.6) is 5.75 Å². The van der Waals surface area contributed by atoms with Crippen molar-refractivity contribution < 1.29 is 9.47 Å². The Balaban J connectivity index is 1.52. The van der Waals surface area contributed by atoms with Crippen molar-refractivity contribution in [1.82, 2.24) is 15.0 Å². The predicted molar refractivity (Wildman–Crippen MR) is 101 cm³/mol. The Kier molecular flexibility index (Phi) is 5.06. The van der Waals surface area contributed by atoms with Gasteiger partial charge in [0.2, 0.25) is 0 Å². The molecule has 3 heterocycles. The van der Waals surface area contributed by atoms with E-state index in [2.05, 4.69) is 20.3 Å². The van der Waals surface area contributed by atoms with Crippen LogP contribution in [-0.2, 0) is 4.74 Å². The average Bonchev–Trinajstić information content (AvgIpc) is 3.15. The van der Waals surface area contributed by atoms with Crippen LogP contribution >= 0.6 is 23.2 Å². The second-order valence-corrected chi connectivity index (χ2v) is 6.83. The van der Waals surface area contributed by atoms with Crippen LogP contribution in [0.1, 0.15) is 6.42 Å². The number of hydrogen-bond acceptors (Lipinski definition) is 6. The van der Waals surface area contributed by atoms with Crippen molar-refractivity contribution in [2.24, 2.45) is 5.92 Å². The summed E-state index contributed by atoms with van der Waals surface area (Å²) < 4.78 is 11.2. The van der Waals surface area contributed by atoms with Gasteiger partial charge >= 0.3 is 0 Å². The quantitative estimate of drug-likeness (QED) is 0.647. The predicted octanol–water partition coefficient (Wildman–Crippen LogP) is 4.49. The summed E-state index contributed by atoms with van der Waals surface area (Å²) in [5, 5.41) is 4.12. The van der Waals surface area contributed by atoms with Crippen molar-refractivity contribution in [3.63, 3.8) is 0 Å². The molecule has 1 unspecified atom stereocenters. The lowest BCUT2D eigenvalue weighted by Gasteiger charge is -2.13. The van der Waals surface area contributed by atoms with Crippen molar-refractivity contribution in [3.8, 4) is 5.75 Å². The number of halogens is 2. The third-order valence-electron chi connectivity index (χ3n) is 4.14. The Morgan fingerprint density at radius 2 is 2.12 bits per heavy atom. The van der Waals surface area contributed by atoms with Crippen molar-refractivity contribution in [3.05, 3.63) is 46.8 Å². The zero-order valence-electron chi connectivity index (χ0n) is 13.8. The number of pyridine rings is 1. The minimum Gasteiger partial charge on any atom is -0.492 e. The molecular weight excluding hydrogens is 375 g/mol. The van der Waals surface area contributed by atoms with Gasteiger partial charge in [-0.1, -0.05) is 23.2 Å². The van der Waals surface area contributed by atoms with Gasteiger partial charge < -0.3 is 14.8 Å². The molecule has 3 aromatic rings. The van der Waals surface area contributed by atoms with Gasteiger partial charge in [0.25, 0.3) is 0 Å². The average molecular weight is 391 g/mol. The SMILES string of the molecule is Clc1ccc2ncnc(Nc3ccc(OCC4CCOC4)c(Cl)c3)c2n1. The number of benzene rings is 1. The van der Waals surface area contributed by atoms with Gasteiger partial charge in [-0.2, -0.15) is 0 Å². The molecule has 1 aliphatic rings. The molecule has 1 aromatic carbocycles. The molecule has 1 atom stereocenters. The molecule has 1 fully saturated rings. The number of nitrogens with zero attached hydrogens (tertiary/aromatic N) is 3. The fraction of sp³-hybridized carbons (Fsp3) is 0.278. The summed E-state index contributed by atoms with van der Waals surface area (Å²) in [6.07, 6.45) is 2.50. The molecule has 4 rings (SSSR count). The highest BCUT2D eigenvalue weighted by Crippen LogP contribution is 2.31. The highest BCUT2D eigenvalue weighted by atomic mass is 35.5. The molecule has 26 heavy (non-hydrogen) atoms. The van der Waals surface area contributed by atoms with Gasteiger partial charge in [-0.25, -0.2) is 15.0 Å². The third kappa shape index (κ3) is 3.82. The lowest BCUT2D eigenvalue weighted by molar-refractivity contribution is 0.167. The molecule has 0 saturated carbocycles. The molecule has 0 amide bonds.